The lowest BCUT2D eigenvalue weighted by atomic mass is 10.2. The van der Waals surface area contributed by atoms with Crippen LogP contribution in [0, 0.1) is 11.8 Å². The normalized spacial score (nSPS) is 15.8. The van der Waals surface area contributed by atoms with Gasteiger partial charge in [0.05, 0.1) is 17.4 Å². The molecule has 1 N–H and O–H groups in total. The fourth-order valence-corrected chi connectivity index (χ4v) is 2.30. The van der Waals surface area contributed by atoms with Crippen LogP contribution < -0.4 is 10.2 Å². The maximum absolute atomic E-state index is 4.39. The number of aromatic nitrogens is 1. The Bertz CT molecular complexity index is 454. The molecule has 2 heterocycles. The Morgan fingerprint density at radius 2 is 2.33 bits per heavy atom. The summed E-state index contributed by atoms with van der Waals surface area (Å²) in [6.07, 6.45) is 3.96. The molecule has 0 aliphatic carbocycles. The third-order valence-electron chi connectivity index (χ3n) is 2.93. The summed E-state index contributed by atoms with van der Waals surface area (Å²) >= 11 is 3.46. The predicted molar refractivity (Wildman–Crippen MR) is 78.8 cm³/mol. The van der Waals surface area contributed by atoms with Gasteiger partial charge in [-0.05, 0) is 35.0 Å². The number of nitrogens with zero attached hydrogens (tertiary/aromatic N) is 2. The first-order valence-corrected chi connectivity index (χ1v) is 7.20. The van der Waals surface area contributed by atoms with Gasteiger partial charge in [0.15, 0.2) is 0 Å². The van der Waals surface area contributed by atoms with Crippen LogP contribution in [0.5, 0.6) is 0 Å². The topological polar surface area (TPSA) is 28.2 Å². The van der Waals surface area contributed by atoms with Gasteiger partial charge >= 0.3 is 0 Å². The molecular formula is C14H18BrN3. The first kappa shape index (κ1) is 13.4. The van der Waals surface area contributed by atoms with Crippen LogP contribution in [-0.2, 0) is 0 Å². The summed E-state index contributed by atoms with van der Waals surface area (Å²) in [6.45, 7) is 6.30. The van der Waals surface area contributed by atoms with Gasteiger partial charge in [-0.3, -0.25) is 0 Å². The zero-order valence-corrected chi connectivity index (χ0v) is 12.3. The Hall–Kier alpha value is -1.05. The molecule has 0 bridgehead atoms. The van der Waals surface area contributed by atoms with Crippen LogP contribution in [0.4, 0.5) is 5.69 Å². The minimum Gasteiger partial charge on any atom is -0.369 e. The van der Waals surface area contributed by atoms with E-state index in [4.69, 9.17) is 0 Å². The molecule has 0 unspecified atom stereocenters. The van der Waals surface area contributed by atoms with E-state index in [0.29, 0.717) is 0 Å². The van der Waals surface area contributed by atoms with Crippen molar-refractivity contribution >= 4 is 21.6 Å². The van der Waals surface area contributed by atoms with Crippen LogP contribution >= 0.6 is 15.9 Å². The van der Waals surface area contributed by atoms with E-state index in [9.17, 15) is 0 Å². The Morgan fingerprint density at radius 3 is 3.17 bits per heavy atom. The Balaban J connectivity index is 2.22. The molecule has 0 spiro atoms. The van der Waals surface area contributed by atoms with Crippen molar-refractivity contribution in [1.29, 1.82) is 0 Å². The van der Waals surface area contributed by atoms with Crippen molar-refractivity contribution < 1.29 is 0 Å². The van der Waals surface area contributed by atoms with Crippen molar-refractivity contribution in [1.82, 2.24) is 10.3 Å². The van der Waals surface area contributed by atoms with Crippen LogP contribution in [-0.4, -0.2) is 31.2 Å². The molecule has 1 aliphatic rings. The second-order valence-electron chi connectivity index (χ2n) is 4.28. The van der Waals surface area contributed by atoms with Gasteiger partial charge in [0.2, 0.25) is 0 Å². The number of hydrogen-bond acceptors (Lipinski definition) is 3. The Labute approximate surface area is 117 Å². The first-order valence-electron chi connectivity index (χ1n) is 6.41. The molecule has 96 valence electrons. The van der Waals surface area contributed by atoms with E-state index in [-0.39, 0.29) is 0 Å². The van der Waals surface area contributed by atoms with Gasteiger partial charge in [0.1, 0.15) is 4.60 Å². The number of pyridine rings is 1. The van der Waals surface area contributed by atoms with Crippen LogP contribution in [0.25, 0.3) is 0 Å². The Kier molecular flexibility index (Phi) is 5.03. The zero-order chi connectivity index (χ0) is 12.8. The lowest BCUT2D eigenvalue weighted by Gasteiger charge is -2.22. The van der Waals surface area contributed by atoms with Gasteiger partial charge in [-0.15, -0.1) is 0 Å². The number of hydrogen-bond donors (Lipinski definition) is 1. The van der Waals surface area contributed by atoms with Gasteiger partial charge in [0.25, 0.3) is 0 Å². The monoisotopic (exact) mass is 307 g/mol. The van der Waals surface area contributed by atoms with Crippen molar-refractivity contribution in [2.75, 3.05) is 31.1 Å². The highest BCUT2D eigenvalue weighted by Crippen LogP contribution is 2.21. The fraction of sp³-hybridized carbons (Fsp3) is 0.500. The van der Waals surface area contributed by atoms with Crippen molar-refractivity contribution in [3.8, 4) is 11.8 Å². The summed E-state index contributed by atoms with van der Waals surface area (Å²) in [7, 11) is 0. The molecule has 0 amide bonds. The first-order chi connectivity index (χ1) is 8.81. The largest absolute Gasteiger partial charge is 0.369 e. The third-order valence-corrected chi connectivity index (χ3v) is 3.56. The van der Waals surface area contributed by atoms with Crippen molar-refractivity contribution in [2.24, 2.45) is 0 Å². The van der Waals surface area contributed by atoms with Gasteiger partial charge in [-0.2, -0.15) is 0 Å². The van der Waals surface area contributed by atoms with E-state index in [2.05, 4.69) is 56.0 Å². The molecular weight excluding hydrogens is 290 g/mol. The maximum atomic E-state index is 4.39. The summed E-state index contributed by atoms with van der Waals surface area (Å²) in [5.74, 6) is 6.25. The van der Waals surface area contributed by atoms with E-state index < -0.39 is 0 Å². The van der Waals surface area contributed by atoms with E-state index in [1.54, 1.807) is 0 Å². The molecule has 1 fully saturated rings. The lowest BCUT2D eigenvalue weighted by molar-refractivity contribution is 0.724. The van der Waals surface area contributed by atoms with E-state index in [1.165, 1.54) is 12.1 Å². The molecule has 0 atom stereocenters. The minimum absolute atomic E-state index is 0.833. The highest BCUT2D eigenvalue weighted by atomic mass is 79.9. The van der Waals surface area contributed by atoms with Gasteiger partial charge < -0.3 is 10.2 Å². The molecule has 1 saturated heterocycles. The number of halogens is 1. The number of rotatable bonds is 1. The molecule has 2 rings (SSSR count). The van der Waals surface area contributed by atoms with Crippen LogP contribution in [0.1, 0.15) is 25.3 Å². The van der Waals surface area contributed by atoms with Crippen LogP contribution in [0.3, 0.4) is 0 Å². The highest BCUT2D eigenvalue weighted by Gasteiger charge is 2.11. The van der Waals surface area contributed by atoms with Crippen molar-refractivity contribution in [3.63, 3.8) is 0 Å². The maximum Gasteiger partial charge on any atom is 0.121 e. The second-order valence-corrected chi connectivity index (χ2v) is 5.03. The zero-order valence-electron chi connectivity index (χ0n) is 10.7. The standard InChI is InChI=1S/C14H18BrN3/c1-2-3-5-12-10-13(11-17-14(12)15)18-8-4-6-16-7-9-18/h10-11,16H,2,4,6-9H2,1H3. The van der Waals surface area contributed by atoms with Crippen molar-refractivity contribution in [2.45, 2.75) is 19.8 Å². The molecule has 3 nitrogen and oxygen atoms in total. The van der Waals surface area contributed by atoms with Gasteiger partial charge in [-0.25, -0.2) is 4.98 Å². The van der Waals surface area contributed by atoms with E-state index >= 15 is 0 Å². The van der Waals surface area contributed by atoms with Gasteiger partial charge in [0, 0.05) is 26.1 Å². The summed E-state index contributed by atoms with van der Waals surface area (Å²) in [5, 5.41) is 3.41. The lowest BCUT2D eigenvalue weighted by Crippen LogP contribution is -2.27. The summed E-state index contributed by atoms with van der Waals surface area (Å²) in [6, 6.07) is 2.13. The molecule has 0 saturated carbocycles. The number of anilines is 1. The quantitative estimate of drug-likeness (QED) is 0.638. The molecule has 0 aromatic carbocycles. The molecule has 1 aliphatic heterocycles. The summed E-state index contributed by atoms with van der Waals surface area (Å²) in [5.41, 5.74) is 2.15. The highest BCUT2D eigenvalue weighted by molar-refractivity contribution is 9.10. The van der Waals surface area contributed by atoms with Gasteiger partial charge in [-0.1, -0.05) is 18.8 Å². The molecule has 0 radical (unpaired) electrons. The molecule has 1 aromatic rings. The average molecular weight is 308 g/mol. The van der Waals surface area contributed by atoms with E-state index in [1.807, 2.05) is 6.20 Å². The fourth-order valence-electron chi connectivity index (χ4n) is 1.99. The molecule has 18 heavy (non-hydrogen) atoms. The average Bonchev–Trinajstić information content (AvgIpc) is 2.67. The molecule has 1 aromatic heterocycles. The van der Waals surface area contributed by atoms with Crippen molar-refractivity contribution in [3.05, 3.63) is 22.4 Å². The second kappa shape index (κ2) is 6.77. The SMILES string of the molecule is CCC#Cc1cc(N2CCCNCC2)cnc1Br. The van der Waals surface area contributed by atoms with Crippen LogP contribution in [0.2, 0.25) is 0 Å². The summed E-state index contributed by atoms with van der Waals surface area (Å²) < 4.78 is 0.833. The minimum atomic E-state index is 0.833. The third kappa shape index (κ3) is 3.47. The predicted octanol–water partition coefficient (Wildman–Crippen LogP) is 2.41. The van der Waals surface area contributed by atoms with E-state index in [0.717, 1.165) is 42.8 Å². The number of nitrogens with one attached hydrogen (secondary N) is 1. The Morgan fingerprint density at radius 1 is 1.44 bits per heavy atom. The van der Waals surface area contributed by atoms with Crippen LogP contribution in [0.15, 0.2) is 16.9 Å². The summed E-state index contributed by atoms with van der Waals surface area (Å²) in [4.78, 5) is 6.76. The smallest absolute Gasteiger partial charge is 0.121 e. The molecule has 4 heteroatoms.